The van der Waals surface area contributed by atoms with Crippen LogP contribution in [0.1, 0.15) is 23.2 Å². The van der Waals surface area contributed by atoms with Gasteiger partial charge in [0.05, 0.1) is 15.8 Å². The Hall–Kier alpha value is -1.69. The fourth-order valence-corrected chi connectivity index (χ4v) is 2.54. The Kier molecular flexibility index (Phi) is 2.25. The van der Waals surface area contributed by atoms with Crippen molar-refractivity contribution in [3.05, 3.63) is 23.5 Å². The number of carboxylic acid groups (broad SMARTS) is 1. The molecule has 0 amide bonds. The van der Waals surface area contributed by atoms with Gasteiger partial charge in [0, 0.05) is 12.1 Å². The lowest BCUT2D eigenvalue weighted by molar-refractivity contribution is 0.0692. The molecule has 0 bridgehead atoms. The van der Waals surface area contributed by atoms with E-state index in [-0.39, 0.29) is 5.56 Å². The largest absolute Gasteiger partial charge is 0.478 e. The molecule has 1 aromatic heterocycles. The molecule has 1 heterocycles. The SMILES string of the molecule is O=C(O)c1cc2sc(NC3CC3)nc2cc1F. The minimum absolute atomic E-state index is 0.306. The Balaban J connectivity index is 2.05. The van der Waals surface area contributed by atoms with E-state index in [4.69, 9.17) is 5.11 Å². The molecule has 0 unspecified atom stereocenters. The Morgan fingerprint density at radius 1 is 1.53 bits per heavy atom. The van der Waals surface area contributed by atoms with Crippen LogP contribution in [0.4, 0.5) is 9.52 Å². The van der Waals surface area contributed by atoms with Crippen LogP contribution in [0.5, 0.6) is 0 Å². The predicted octanol–water partition coefficient (Wildman–Crippen LogP) is 2.71. The van der Waals surface area contributed by atoms with Crippen molar-refractivity contribution >= 4 is 32.7 Å². The topological polar surface area (TPSA) is 62.2 Å². The Labute approximate surface area is 100 Å². The zero-order valence-electron chi connectivity index (χ0n) is 8.74. The second kappa shape index (κ2) is 3.66. The number of nitrogens with one attached hydrogen (secondary N) is 1. The number of hydrogen-bond acceptors (Lipinski definition) is 4. The third-order valence-electron chi connectivity index (χ3n) is 2.61. The molecule has 88 valence electrons. The number of aromatic nitrogens is 1. The van der Waals surface area contributed by atoms with E-state index in [9.17, 15) is 9.18 Å². The van der Waals surface area contributed by atoms with Crippen molar-refractivity contribution in [2.75, 3.05) is 5.32 Å². The smallest absolute Gasteiger partial charge is 0.338 e. The van der Waals surface area contributed by atoms with E-state index in [0.29, 0.717) is 16.3 Å². The van der Waals surface area contributed by atoms with E-state index < -0.39 is 11.8 Å². The molecule has 0 atom stereocenters. The highest BCUT2D eigenvalue weighted by molar-refractivity contribution is 7.22. The maximum Gasteiger partial charge on any atom is 0.338 e. The van der Waals surface area contributed by atoms with Crippen molar-refractivity contribution in [3.8, 4) is 0 Å². The van der Waals surface area contributed by atoms with Crippen LogP contribution in [0.25, 0.3) is 10.2 Å². The minimum atomic E-state index is -1.26. The molecule has 1 saturated carbocycles. The third-order valence-corrected chi connectivity index (χ3v) is 3.56. The average molecular weight is 252 g/mol. The first-order valence-electron chi connectivity index (χ1n) is 5.23. The van der Waals surface area contributed by atoms with Crippen molar-refractivity contribution in [1.29, 1.82) is 0 Å². The van der Waals surface area contributed by atoms with Crippen LogP contribution < -0.4 is 5.32 Å². The molecule has 1 aliphatic rings. The first-order valence-corrected chi connectivity index (χ1v) is 6.05. The van der Waals surface area contributed by atoms with Crippen LogP contribution >= 0.6 is 11.3 Å². The number of carboxylic acids is 1. The van der Waals surface area contributed by atoms with E-state index in [2.05, 4.69) is 10.3 Å². The zero-order chi connectivity index (χ0) is 12.0. The molecule has 2 aromatic rings. The van der Waals surface area contributed by atoms with E-state index in [1.165, 1.54) is 23.5 Å². The zero-order valence-corrected chi connectivity index (χ0v) is 9.55. The van der Waals surface area contributed by atoms with Crippen molar-refractivity contribution in [3.63, 3.8) is 0 Å². The summed E-state index contributed by atoms with van der Waals surface area (Å²) >= 11 is 1.35. The van der Waals surface area contributed by atoms with E-state index in [0.717, 1.165) is 18.0 Å². The van der Waals surface area contributed by atoms with Crippen LogP contribution in [-0.4, -0.2) is 22.1 Å². The van der Waals surface area contributed by atoms with Crippen molar-refractivity contribution in [2.24, 2.45) is 0 Å². The van der Waals surface area contributed by atoms with Gasteiger partial charge in [0.1, 0.15) is 5.82 Å². The fourth-order valence-electron chi connectivity index (χ4n) is 1.58. The molecule has 0 aliphatic heterocycles. The number of hydrogen-bond donors (Lipinski definition) is 2. The van der Waals surface area contributed by atoms with Gasteiger partial charge in [-0.2, -0.15) is 0 Å². The van der Waals surface area contributed by atoms with Crippen molar-refractivity contribution in [1.82, 2.24) is 4.98 Å². The molecule has 1 aliphatic carbocycles. The molecular formula is C11H9FN2O2S. The fraction of sp³-hybridized carbons (Fsp3) is 0.273. The summed E-state index contributed by atoms with van der Waals surface area (Å²) < 4.78 is 14.1. The molecule has 2 N–H and O–H groups in total. The Morgan fingerprint density at radius 3 is 2.94 bits per heavy atom. The molecule has 4 nitrogen and oxygen atoms in total. The highest BCUT2D eigenvalue weighted by atomic mass is 32.1. The van der Waals surface area contributed by atoms with Gasteiger partial charge in [-0.05, 0) is 18.9 Å². The number of anilines is 1. The number of fused-ring (bicyclic) bond motifs is 1. The third kappa shape index (κ3) is 1.95. The molecular weight excluding hydrogens is 243 g/mol. The van der Waals surface area contributed by atoms with Gasteiger partial charge in [-0.3, -0.25) is 0 Å². The minimum Gasteiger partial charge on any atom is -0.478 e. The second-order valence-electron chi connectivity index (χ2n) is 4.04. The summed E-state index contributed by atoms with van der Waals surface area (Å²) in [5.41, 5.74) is 0.194. The van der Waals surface area contributed by atoms with Gasteiger partial charge in [0.15, 0.2) is 5.13 Å². The van der Waals surface area contributed by atoms with E-state index in [1.807, 2.05) is 0 Å². The monoisotopic (exact) mass is 252 g/mol. The van der Waals surface area contributed by atoms with E-state index in [1.54, 1.807) is 0 Å². The maximum atomic E-state index is 13.4. The Morgan fingerprint density at radius 2 is 2.29 bits per heavy atom. The van der Waals surface area contributed by atoms with Crippen LogP contribution in [0, 0.1) is 5.82 Å². The molecule has 0 radical (unpaired) electrons. The number of nitrogens with zero attached hydrogens (tertiary/aromatic N) is 1. The lowest BCUT2D eigenvalue weighted by Gasteiger charge is -1.95. The number of thiazole rings is 1. The number of rotatable bonds is 3. The van der Waals surface area contributed by atoms with Gasteiger partial charge >= 0.3 is 5.97 Å². The normalized spacial score (nSPS) is 15.1. The predicted molar refractivity (Wildman–Crippen MR) is 63.2 cm³/mol. The number of carbonyl (C=O) groups is 1. The van der Waals surface area contributed by atoms with Gasteiger partial charge in [0.2, 0.25) is 0 Å². The summed E-state index contributed by atoms with van der Waals surface area (Å²) in [6.45, 7) is 0. The quantitative estimate of drug-likeness (QED) is 0.881. The molecule has 0 saturated heterocycles. The maximum absolute atomic E-state index is 13.4. The molecule has 0 spiro atoms. The first-order chi connectivity index (χ1) is 8.13. The molecule has 6 heteroatoms. The summed E-state index contributed by atoms with van der Waals surface area (Å²) in [5.74, 6) is -2.00. The molecule has 3 rings (SSSR count). The van der Waals surface area contributed by atoms with Crippen LogP contribution in [0.2, 0.25) is 0 Å². The van der Waals surface area contributed by atoms with Gasteiger partial charge in [-0.15, -0.1) is 0 Å². The lowest BCUT2D eigenvalue weighted by atomic mass is 10.2. The highest BCUT2D eigenvalue weighted by Gasteiger charge is 2.22. The van der Waals surface area contributed by atoms with Crippen LogP contribution in [0.3, 0.4) is 0 Å². The van der Waals surface area contributed by atoms with Gasteiger partial charge in [0.25, 0.3) is 0 Å². The van der Waals surface area contributed by atoms with Crippen LogP contribution in [0.15, 0.2) is 12.1 Å². The summed E-state index contributed by atoms with van der Waals surface area (Å²) in [5, 5.41) is 12.8. The van der Waals surface area contributed by atoms with Gasteiger partial charge < -0.3 is 10.4 Å². The highest BCUT2D eigenvalue weighted by Crippen LogP contribution is 2.32. The summed E-state index contributed by atoms with van der Waals surface area (Å²) in [7, 11) is 0. The van der Waals surface area contributed by atoms with Crippen LogP contribution in [-0.2, 0) is 0 Å². The molecule has 1 aromatic carbocycles. The average Bonchev–Trinajstić information content (AvgIpc) is 2.96. The number of benzene rings is 1. The summed E-state index contributed by atoms with van der Waals surface area (Å²) in [6.07, 6.45) is 2.26. The summed E-state index contributed by atoms with van der Waals surface area (Å²) in [4.78, 5) is 15.0. The van der Waals surface area contributed by atoms with Gasteiger partial charge in [-0.1, -0.05) is 11.3 Å². The number of aromatic carboxylic acids is 1. The lowest BCUT2D eigenvalue weighted by Crippen LogP contribution is -2.00. The molecule has 17 heavy (non-hydrogen) atoms. The number of halogens is 1. The van der Waals surface area contributed by atoms with E-state index >= 15 is 0 Å². The van der Waals surface area contributed by atoms with Gasteiger partial charge in [-0.25, -0.2) is 14.2 Å². The first kappa shape index (κ1) is 10.5. The van der Waals surface area contributed by atoms with Crippen molar-refractivity contribution in [2.45, 2.75) is 18.9 Å². The molecule has 1 fully saturated rings. The summed E-state index contributed by atoms with van der Waals surface area (Å²) in [6, 6.07) is 2.98. The van der Waals surface area contributed by atoms with Crippen molar-refractivity contribution < 1.29 is 14.3 Å². The second-order valence-corrected chi connectivity index (χ2v) is 5.07. The standard InChI is InChI=1S/C11H9FN2O2S/c12-7-4-8-9(3-6(7)10(15)16)17-11(14-8)13-5-1-2-5/h3-5H,1-2H2,(H,13,14)(H,15,16). The Bertz CT molecular complexity index is 607.